The molecule has 0 unspecified atom stereocenters. The van der Waals surface area contributed by atoms with E-state index in [0.29, 0.717) is 5.69 Å². The van der Waals surface area contributed by atoms with Crippen molar-refractivity contribution in [2.45, 2.75) is 13.3 Å². The first-order valence-electron chi connectivity index (χ1n) is 5.53. The summed E-state index contributed by atoms with van der Waals surface area (Å²) in [6.45, 7) is 2.04. The fraction of sp³-hybridized carbons (Fsp3) is 0.231. The summed E-state index contributed by atoms with van der Waals surface area (Å²) in [4.78, 5) is 16.9. The number of aliphatic carboxylic acids is 1. The summed E-state index contributed by atoms with van der Waals surface area (Å²) in [5.74, 6) is -0.856. The van der Waals surface area contributed by atoms with Crippen LogP contribution in [0.2, 0.25) is 0 Å². The maximum absolute atomic E-state index is 10.6. The molecule has 1 aromatic carbocycles. The third-order valence-corrected chi connectivity index (χ3v) is 3.51. The van der Waals surface area contributed by atoms with Gasteiger partial charge in [0.1, 0.15) is 0 Å². The third-order valence-electron chi connectivity index (χ3n) is 2.55. The van der Waals surface area contributed by atoms with Crippen molar-refractivity contribution in [3.63, 3.8) is 0 Å². The second-order valence-corrected chi connectivity index (χ2v) is 4.93. The van der Waals surface area contributed by atoms with Crippen LogP contribution in [-0.4, -0.2) is 23.1 Å². The Morgan fingerprint density at radius 1 is 1.50 bits per heavy atom. The van der Waals surface area contributed by atoms with Crippen LogP contribution in [-0.2, 0) is 11.2 Å². The minimum absolute atomic E-state index is 0.0296. The van der Waals surface area contributed by atoms with Gasteiger partial charge in [0, 0.05) is 18.1 Å². The van der Waals surface area contributed by atoms with Crippen LogP contribution >= 0.6 is 11.3 Å². The molecule has 0 atom stereocenters. The van der Waals surface area contributed by atoms with Crippen molar-refractivity contribution < 1.29 is 9.90 Å². The molecule has 18 heavy (non-hydrogen) atoms. The highest BCUT2D eigenvalue weighted by atomic mass is 32.1. The highest BCUT2D eigenvalue weighted by Crippen LogP contribution is 2.27. The molecule has 0 aliphatic heterocycles. The normalized spacial score (nSPS) is 10.3. The monoisotopic (exact) mass is 262 g/mol. The Labute approximate surface area is 110 Å². The zero-order valence-corrected chi connectivity index (χ0v) is 11.1. The van der Waals surface area contributed by atoms with Gasteiger partial charge in [-0.05, 0) is 24.6 Å². The number of carbonyl (C=O) groups is 1. The topological polar surface area (TPSA) is 53.4 Å². The largest absolute Gasteiger partial charge is 0.481 e. The average molecular weight is 262 g/mol. The molecule has 0 aliphatic carbocycles. The lowest BCUT2D eigenvalue weighted by atomic mass is 10.2. The van der Waals surface area contributed by atoms with E-state index in [1.54, 1.807) is 5.38 Å². The zero-order valence-electron chi connectivity index (χ0n) is 10.3. The lowest BCUT2D eigenvalue weighted by Gasteiger charge is -2.16. The minimum Gasteiger partial charge on any atom is -0.481 e. The molecule has 0 saturated carbocycles. The van der Waals surface area contributed by atoms with Crippen LogP contribution in [0.1, 0.15) is 11.3 Å². The highest BCUT2D eigenvalue weighted by molar-refractivity contribution is 7.13. The molecule has 0 spiro atoms. The van der Waals surface area contributed by atoms with Crippen molar-refractivity contribution >= 4 is 28.1 Å². The Kier molecular flexibility index (Phi) is 3.62. The number of aryl methyl sites for hydroxylation is 1. The molecule has 2 rings (SSSR count). The van der Waals surface area contributed by atoms with Gasteiger partial charge in [-0.15, -0.1) is 11.3 Å². The van der Waals surface area contributed by atoms with E-state index >= 15 is 0 Å². The number of anilines is 2. The number of aromatic nitrogens is 1. The molecule has 4 nitrogen and oxygen atoms in total. The van der Waals surface area contributed by atoms with Gasteiger partial charge in [0.25, 0.3) is 0 Å². The van der Waals surface area contributed by atoms with Gasteiger partial charge in [0.15, 0.2) is 5.13 Å². The lowest BCUT2D eigenvalue weighted by Crippen LogP contribution is -2.09. The van der Waals surface area contributed by atoms with E-state index in [9.17, 15) is 4.79 Å². The molecule has 0 radical (unpaired) electrons. The summed E-state index contributed by atoms with van der Waals surface area (Å²) in [6.07, 6.45) is -0.0296. The van der Waals surface area contributed by atoms with Gasteiger partial charge < -0.3 is 10.0 Å². The number of benzene rings is 1. The molecule has 0 bridgehead atoms. The minimum atomic E-state index is -0.856. The molecule has 5 heteroatoms. The van der Waals surface area contributed by atoms with Crippen molar-refractivity contribution in [3.05, 3.63) is 40.9 Å². The predicted octanol–water partition coefficient (Wildman–Crippen LogP) is 2.85. The molecule has 0 amide bonds. The summed E-state index contributed by atoms with van der Waals surface area (Å²) < 4.78 is 0. The van der Waals surface area contributed by atoms with Gasteiger partial charge >= 0.3 is 5.97 Å². The molecule has 0 saturated heterocycles. The van der Waals surface area contributed by atoms with Crippen LogP contribution in [0.4, 0.5) is 10.8 Å². The predicted molar refractivity (Wildman–Crippen MR) is 72.7 cm³/mol. The van der Waals surface area contributed by atoms with Crippen LogP contribution in [0, 0.1) is 6.92 Å². The molecule has 1 heterocycles. The SMILES string of the molecule is Cc1cccc(N(C)c2nc(CC(=O)O)cs2)c1. The Balaban J connectivity index is 2.21. The quantitative estimate of drug-likeness (QED) is 0.920. The molecule has 1 N–H and O–H groups in total. The number of hydrogen-bond acceptors (Lipinski definition) is 4. The Bertz CT molecular complexity index is 566. The Morgan fingerprint density at radius 3 is 2.94 bits per heavy atom. The second kappa shape index (κ2) is 5.18. The highest BCUT2D eigenvalue weighted by Gasteiger charge is 2.10. The summed E-state index contributed by atoms with van der Waals surface area (Å²) >= 11 is 1.45. The Hall–Kier alpha value is -1.88. The van der Waals surface area contributed by atoms with Crippen LogP contribution in [0.3, 0.4) is 0 Å². The summed E-state index contributed by atoms with van der Waals surface area (Å²) in [6, 6.07) is 8.10. The zero-order chi connectivity index (χ0) is 13.1. The van der Waals surface area contributed by atoms with Crippen molar-refractivity contribution in [2.75, 3.05) is 11.9 Å². The van der Waals surface area contributed by atoms with E-state index in [4.69, 9.17) is 5.11 Å². The van der Waals surface area contributed by atoms with Crippen molar-refractivity contribution in [2.24, 2.45) is 0 Å². The van der Waals surface area contributed by atoms with E-state index in [1.807, 2.05) is 37.1 Å². The van der Waals surface area contributed by atoms with Crippen LogP contribution in [0.25, 0.3) is 0 Å². The maximum atomic E-state index is 10.6. The summed E-state index contributed by atoms with van der Waals surface area (Å²) in [5, 5.41) is 11.3. The molecular weight excluding hydrogens is 248 g/mol. The number of rotatable bonds is 4. The van der Waals surface area contributed by atoms with E-state index in [1.165, 1.54) is 16.9 Å². The van der Waals surface area contributed by atoms with Gasteiger partial charge in [0.2, 0.25) is 0 Å². The lowest BCUT2D eigenvalue weighted by molar-refractivity contribution is -0.136. The first-order chi connectivity index (χ1) is 8.56. The van der Waals surface area contributed by atoms with Crippen LogP contribution in [0.5, 0.6) is 0 Å². The third kappa shape index (κ3) is 2.87. The van der Waals surface area contributed by atoms with Crippen LogP contribution < -0.4 is 4.90 Å². The first-order valence-corrected chi connectivity index (χ1v) is 6.41. The van der Waals surface area contributed by atoms with Gasteiger partial charge in [-0.2, -0.15) is 0 Å². The van der Waals surface area contributed by atoms with Crippen molar-refractivity contribution in [1.29, 1.82) is 0 Å². The number of carboxylic acid groups (broad SMARTS) is 1. The van der Waals surface area contributed by atoms with Gasteiger partial charge in [-0.25, -0.2) is 4.98 Å². The summed E-state index contributed by atoms with van der Waals surface area (Å²) in [5.41, 5.74) is 2.83. The molecule has 1 aromatic heterocycles. The average Bonchev–Trinajstić information content (AvgIpc) is 2.75. The maximum Gasteiger partial charge on any atom is 0.309 e. The van der Waals surface area contributed by atoms with Crippen LogP contribution in [0.15, 0.2) is 29.6 Å². The van der Waals surface area contributed by atoms with Gasteiger partial charge in [0.05, 0.1) is 12.1 Å². The number of carboxylic acids is 1. The van der Waals surface area contributed by atoms with E-state index in [-0.39, 0.29) is 6.42 Å². The van der Waals surface area contributed by atoms with E-state index in [0.717, 1.165) is 10.8 Å². The Morgan fingerprint density at radius 2 is 2.28 bits per heavy atom. The fourth-order valence-corrected chi connectivity index (χ4v) is 2.44. The molecule has 2 aromatic rings. The number of nitrogens with zero attached hydrogens (tertiary/aromatic N) is 2. The standard InChI is InChI=1S/C13H14N2O2S/c1-9-4-3-5-11(6-9)15(2)13-14-10(8-18-13)7-12(16)17/h3-6,8H,7H2,1-2H3,(H,16,17). The molecular formula is C13H14N2O2S. The molecule has 0 aliphatic rings. The van der Waals surface area contributed by atoms with Gasteiger partial charge in [-0.1, -0.05) is 12.1 Å². The molecule has 0 fully saturated rings. The second-order valence-electron chi connectivity index (χ2n) is 4.09. The number of thiazole rings is 1. The van der Waals surface area contributed by atoms with E-state index in [2.05, 4.69) is 11.1 Å². The fourth-order valence-electron chi connectivity index (χ4n) is 1.63. The smallest absolute Gasteiger partial charge is 0.309 e. The van der Waals surface area contributed by atoms with E-state index < -0.39 is 5.97 Å². The first kappa shape index (κ1) is 12.6. The molecule has 94 valence electrons. The van der Waals surface area contributed by atoms with Crippen molar-refractivity contribution in [1.82, 2.24) is 4.98 Å². The van der Waals surface area contributed by atoms with Gasteiger partial charge in [-0.3, -0.25) is 4.79 Å². The van der Waals surface area contributed by atoms with Crippen molar-refractivity contribution in [3.8, 4) is 0 Å². The number of hydrogen-bond donors (Lipinski definition) is 1. The summed E-state index contributed by atoms with van der Waals surface area (Å²) in [7, 11) is 1.93.